The molecule has 1 N–H and O–H groups in total. The number of amides is 1. The zero-order valence-corrected chi connectivity index (χ0v) is 13.2. The van der Waals surface area contributed by atoms with Crippen molar-refractivity contribution in [1.82, 2.24) is 0 Å². The Morgan fingerprint density at radius 1 is 1.12 bits per heavy atom. The molecule has 24 heavy (non-hydrogen) atoms. The molecule has 0 aliphatic carbocycles. The van der Waals surface area contributed by atoms with Gasteiger partial charge >= 0.3 is 5.97 Å². The second kappa shape index (κ2) is 7.04. The molecular weight excluding hydrogens is 310 g/mol. The van der Waals surface area contributed by atoms with E-state index in [1.807, 2.05) is 18.2 Å². The molecule has 6 nitrogen and oxygen atoms in total. The lowest BCUT2D eigenvalue weighted by Gasteiger charge is -2.07. The van der Waals surface area contributed by atoms with Gasteiger partial charge < -0.3 is 19.5 Å². The molecule has 1 heterocycles. The van der Waals surface area contributed by atoms with Gasteiger partial charge in [0, 0.05) is 12.1 Å². The van der Waals surface area contributed by atoms with Crippen molar-refractivity contribution in [2.45, 2.75) is 12.8 Å². The molecule has 3 rings (SSSR count). The second-order valence-electron chi connectivity index (χ2n) is 5.31. The van der Waals surface area contributed by atoms with E-state index in [4.69, 9.17) is 9.47 Å². The van der Waals surface area contributed by atoms with Crippen LogP contribution >= 0.6 is 0 Å². The summed E-state index contributed by atoms with van der Waals surface area (Å²) in [6.07, 6.45) is 0.904. The minimum absolute atomic E-state index is 0.130. The maximum absolute atomic E-state index is 12.1. The highest BCUT2D eigenvalue weighted by atomic mass is 16.7. The van der Waals surface area contributed by atoms with Crippen LogP contribution in [-0.4, -0.2) is 25.8 Å². The average Bonchev–Trinajstić information content (AvgIpc) is 3.07. The third-order valence-electron chi connectivity index (χ3n) is 3.65. The molecule has 2 aromatic rings. The molecule has 6 heteroatoms. The van der Waals surface area contributed by atoms with Gasteiger partial charge in [-0.1, -0.05) is 12.1 Å². The number of carbonyl (C=O) groups is 2. The van der Waals surface area contributed by atoms with Crippen molar-refractivity contribution in [3.8, 4) is 11.5 Å². The van der Waals surface area contributed by atoms with Gasteiger partial charge in [0.25, 0.3) is 0 Å². The smallest absolute Gasteiger partial charge is 0.337 e. The van der Waals surface area contributed by atoms with Gasteiger partial charge in [-0.2, -0.15) is 0 Å². The van der Waals surface area contributed by atoms with E-state index in [1.165, 1.54) is 7.11 Å². The highest BCUT2D eigenvalue weighted by Crippen LogP contribution is 2.32. The monoisotopic (exact) mass is 327 g/mol. The Labute approximate surface area is 139 Å². The van der Waals surface area contributed by atoms with Gasteiger partial charge in [0.1, 0.15) is 0 Å². The van der Waals surface area contributed by atoms with Crippen molar-refractivity contribution in [2.75, 3.05) is 19.2 Å². The molecule has 0 aromatic heterocycles. The number of aryl methyl sites for hydroxylation is 1. The minimum atomic E-state index is -0.438. The molecule has 0 saturated carbocycles. The molecule has 0 unspecified atom stereocenters. The number of benzene rings is 2. The maximum atomic E-state index is 12.1. The van der Waals surface area contributed by atoms with Crippen molar-refractivity contribution >= 4 is 17.6 Å². The standard InChI is InChI=1S/C18H17NO5/c1-22-18(21)13-3-2-4-14(10-13)19-17(20)8-6-12-5-7-15-16(9-12)24-11-23-15/h2-5,7,9-10H,6,8,11H2,1H3,(H,19,20). The van der Waals surface area contributed by atoms with E-state index in [1.54, 1.807) is 24.3 Å². The van der Waals surface area contributed by atoms with Gasteiger partial charge in [0.05, 0.1) is 12.7 Å². The third kappa shape index (κ3) is 3.65. The van der Waals surface area contributed by atoms with E-state index in [9.17, 15) is 9.59 Å². The Bertz CT molecular complexity index is 772. The van der Waals surface area contributed by atoms with Crippen LogP contribution in [0.3, 0.4) is 0 Å². The van der Waals surface area contributed by atoms with Crippen molar-refractivity contribution in [1.29, 1.82) is 0 Å². The normalized spacial score (nSPS) is 11.9. The van der Waals surface area contributed by atoms with Crippen LogP contribution in [0.5, 0.6) is 11.5 Å². The second-order valence-corrected chi connectivity index (χ2v) is 5.31. The van der Waals surface area contributed by atoms with Gasteiger partial charge in [-0.3, -0.25) is 4.79 Å². The Morgan fingerprint density at radius 3 is 2.79 bits per heavy atom. The highest BCUT2D eigenvalue weighted by molar-refractivity contribution is 5.94. The van der Waals surface area contributed by atoms with E-state index >= 15 is 0 Å². The van der Waals surface area contributed by atoms with Gasteiger partial charge in [-0.25, -0.2) is 4.79 Å². The van der Waals surface area contributed by atoms with Crippen molar-refractivity contribution in [3.05, 3.63) is 53.6 Å². The van der Waals surface area contributed by atoms with Crippen LogP contribution < -0.4 is 14.8 Å². The molecule has 0 spiro atoms. The lowest BCUT2D eigenvalue weighted by atomic mass is 10.1. The summed E-state index contributed by atoms with van der Waals surface area (Å²) in [5.41, 5.74) is 1.96. The predicted octanol–water partition coefficient (Wildman–Crippen LogP) is 2.77. The van der Waals surface area contributed by atoms with Crippen LogP contribution in [-0.2, 0) is 16.0 Å². The van der Waals surface area contributed by atoms with E-state index in [2.05, 4.69) is 10.1 Å². The fourth-order valence-corrected chi connectivity index (χ4v) is 2.42. The molecule has 1 aliphatic heterocycles. The number of hydrogen-bond donors (Lipinski definition) is 1. The number of methoxy groups -OCH3 is 1. The van der Waals surface area contributed by atoms with E-state index in [0.29, 0.717) is 29.8 Å². The topological polar surface area (TPSA) is 73.9 Å². The molecular formula is C18H17NO5. The van der Waals surface area contributed by atoms with Crippen LogP contribution in [0.25, 0.3) is 0 Å². The first-order chi connectivity index (χ1) is 11.7. The van der Waals surface area contributed by atoms with Crippen molar-refractivity contribution in [2.24, 2.45) is 0 Å². The van der Waals surface area contributed by atoms with E-state index < -0.39 is 5.97 Å². The first-order valence-corrected chi connectivity index (χ1v) is 7.52. The van der Waals surface area contributed by atoms with Gasteiger partial charge in [-0.05, 0) is 42.3 Å². The molecule has 0 saturated heterocycles. The minimum Gasteiger partial charge on any atom is -0.465 e. The summed E-state index contributed by atoms with van der Waals surface area (Å²) in [6.45, 7) is 0.232. The molecule has 0 radical (unpaired) electrons. The first kappa shape index (κ1) is 15.9. The van der Waals surface area contributed by atoms with E-state index in [0.717, 1.165) is 11.3 Å². The number of fused-ring (bicyclic) bond motifs is 1. The number of carbonyl (C=O) groups excluding carboxylic acids is 2. The van der Waals surface area contributed by atoms with Gasteiger partial charge in [0.15, 0.2) is 11.5 Å². The Kier molecular flexibility index (Phi) is 4.65. The molecule has 1 aliphatic rings. The molecule has 2 aromatic carbocycles. The zero-order chi connectivity index (χ0) is 16.9. The summed E-state index contributed by atoms with van der Waals surface area (Å²) in [7, 11) is 1.32. The van der Waals surface area contributed by atoms with Crippen molar-refractivity contribution < 1.29 is 23.8 Å². The number of anilines is 1. The Balaban J connectivity index is 1.57. The molecule has 0 bridgehead atoms. The number of rotatable bonds is 5. The zero-order valence-electron chi connectivity index (χ0n) is 13.2. The van der Waals surface area contributed by atoms with Crippen LogP contribution in [0.2, 0.25) is 0 Å². The number of ether oxygens (including phenoxy) is 3. The molecule has 0 atom stereocenters. The van der Waals surface area contributed by atoms with Crippen molar-refractivity contribution in [3.63, 3.8) is 0 Å². The van der Waals surface area contributed by atoms with Crippen LogP contribution in [0.1, 0.15) is 22.3 Å². The van der Waals surface area contributed by atoms with Crippen LogP contribution in [0.15, 0.2) is 42.5 Å². The molecule has 0 fully saturated rings. The highest BCUT2D eigenvalue weighted by Gasteiger charge is 2.14. The van der Waals surface area contributed by atoms with E-state index in [-0.39, 0.29) is 12.7 Å². The summed E-state index contributed by atoms with van der Waals surface area (Å²) < 4.78 is 15.2. The summed E-state index contributed by atoms with van der Waals surface area (Å²) in [5, 5.41) is 2.78. The fraction of sp³-hybridized carbons (Fsp3) is 0.222. The number of nitrogens with one attached hydrogen (secondary N) is 1. The number of esters is 1. The summed E-state index contributed by atoms with van der Waals surface area (Å²) >= 11 is 0. The summed E-state index contributed by atoms with van der Waals surface area (Å²) in [4.78, 5) is 23.6. The average molecular weight is 327 g/mol. The molecule has 1 amide bonds. The lowest BCUT2D eigenvalue weighted by molar-refractivity contribution is -0.116. The maximum Gasteiger partial charge on any atom is 0.337 e. The SMILES string of the molecule is COC(=O)c1cccc(NC(=O)CCc2ccc3c(c2)OCO3)c1. The Hall–Kier alpha value is -3.02. The van der Waals surface area contributed by atoms with Crippen LogP contribution in [0.4, 0.5) is 5.69 Å². The largest absolute Gasteiger partial charge is 0.465 e. The fourth-order valence-electron chi connectivity index (χ4n) is 2.42. The van der Waals surface area contributed by atoms with Gasteiger partial charge in [0.2, 0.25) is 12.7 Å². The Morgan fingerprint density at radius 2 is 1.96 bits per heavy atom. The summed E-state index contributed by atoms with van der Waals surface area (Å²) in [6, 6.07) is 12.3. The van der Waals surface area contributed by atoms with Crippen LogP contribution in [0, 0.1) is 0 Å². The first-order valence-electron chi connectivity index (χ1n) is 7.52. The third-order valence-corrected chi connectivity index (χ3v) is 3.65. The lowest BCUT2D eigenvalue weighted by Crippen LogP contribution is -2.13. The summed E-state index contributed by atoms with van der Waals surface area (Å²) in [5.74, 6) is 0.864. The molecule has 124 valence electrons. The van der Waals surface area contributed by atoms with Gasteiger partial charge in [-0.15, -0.1) is 0 Å². The number of hydrogen-bond acceptors (Lipinski definition) is 5. The quantitative estimate of drug-likeness (QED) is 0.855. The predicted molar refractivity (Wildman–Crippen MR) is 87.3 cm³/mol.